The summed E-state index contributed by atoms with van der Waals surface area (Å²) in [6.07, 6.45) is 12.2. The number of esters is 1. The van der Waals surface area contributed by atoms with Crippen molar-refractivity contribution in [3.63, 3.8) is 0 Å². The topological polar surface area (TPSA) is 35.5 Å². The van der Waals surface area contributed by atoms with E-state index in [4.69, 9.17) is 9.47 Å². The first-order chi connectivity index (χ1) is 19.8. The Kier molecular flexibility index (Phi) is 11.8. The van der Waals surface area contributed by atoms with Gasteiger partial charge in [0.1, 0.15) is 5.60 Å². The zero-order chi connectivity index (χ0) is 27.7. The summed E-state index contributed by atoms with van der Waals surface area (Å²) in [6.45, 7) is 1.02. The van der Waals surface area contributed by atoms with Crippen LogP contribution >= 0.6 is 0 Å². The average Bonchev–Trinajstić information content (AvgIpc) is 3.03. The largest absolute Gasteiger partial charge is 0.462 e. The summed E-state index contributed by atoms with van der Waals surface area (Å²) < 4.78 is 12.2. The Morgan fingerprint density at radius 3 is 1.52 bits per heavy atom. The summed E-state index contributed by atoms with van der Waals surface area (Å²) in [5, 5.41) is 0. The van der Waals surface area contributed by atoms with E-state index in [9.17, 15) is 4.79 Å². The summed E-state index contributed by atoms with van der Waals surface area (Å²) in [4.78, 5) is 12.0. The van der Waals surface area contributed by atoms with Crippen molar-refractivity contribution in [2.24, 2.45) is 0 Å². The van der Waals surface area contributed by atoms with Gasteiger partial charge in [-0.1, -0.05) is 147 Å². The van der Waals surface area contributed by atoms with E-state index in [1.807, 2.05) is 36.4 Å². The summed E-state index contributed by atoms with van der Waals surface area (Å²) in [5.41, 5.74) is 3.30. The lowest BCUT2D eigenvalue weighted by Crippen LogP contribution is -2.33. The van der Waals surface area contributed by atoms with E-state index in [2.05, 4.69) is 84.9 Å². The molecular formula is C37H40O3. The number of carbonyl (C=O) groups is 1. The molecule has 0 radical (unpaired) electrons. The van der Waals surface area contributed by atoms with Crippen LogP contribution in [0.3, 0.4) is 0 Å². The van der Waals surface area contributed by atoms with Crippen LogP contribution in [0.4, 0.5) is 0 Å². The van der Waals surface area contributed by atoms with Crippen LogP contribution < -0.4 is 0 Å². The molecule has 0 saturated carbocycles. The van der Waals surface area contributed by atoms with Gasteiger partial charge >= 0.3 is 5.97 Å². The van der Waals surface area contributed by atoms with Gasteiger partial charge in [-0.2, -0.15) is 0 Å². The highest BCUT2D eigenvalue weighted by Crippen LogP contribution is 2.40. The first-order valence-electron chi connectivity index (χ1n) is 14.5. The van der Waals surface area contributed by atoms with E-state index in [1.54, 1.807) is 12.1 Å². The molecule has 0 aromatic heterocycles. The Balaban J connectivity index is 1.20. The maximum atomic E-state index is 12.0. The molecular weight excluding hydrogens is 492 g/mol. The second-order valence-electron chi connectivity index (χ2n) is 9.97. The second-order valence-corrected chi connectivity index (χ2v) is 9.97. The fraction of sp³-hybridized carbons (Fsp3) is 0.270. The lowest BCUT2D eigenvalue weighted by molar-refractivity contribution is 0.0319. The number of allylic oxidation sites excluding steroid dienone is 1. The normalized spacial score (nSPS) is 11.5. The first-order valence-corrected chi connectivity index (χ1v) is 14.5. The van der Waals surface area contributed by atoms with Crippen LogP contribution in [-0.2, 0) is 15.1 Å². The highest BCUT2D eigenvalue weighted by molar-refractivity contribution is 5.89. The Hall–Kier alpha value is -3.95. The molecule has 0 fully saturated rings. The first kappa shape index (κ1) is 29.0. The van der Waals surface area contributed by atoms with E-state index >= 15 is 0 Å². The van der Waals surface area contributed by atoms with Crippen LogP contribution in [0.15, 0.2) is 133 Å². The van der Waals surface area contributed by atoms with Crippen molar-refractivity contribution < 1.29 is 14.3 Å². The molecule has 4 aromatic rings. The van der Waals surface area contributed by atoms with E-state index in [-0.39, 0.29) is 5.97 Å². The molecule has 0 atom stereocenters. The fourth-order valence-electron chi connectivity index (χ4n) is 5.02. The summed E-state index contributed by atoms with van der Waals surface area (Å²) >= 11 is 0. The highest BCUT2D eigenvalue weighted by Gasteiger charge is 2.37. The molecule has 0 bridgehead atoms. The molecule has 4 rings (SSSR count). The van der Waals surface area contributed by atoms with Crippen molar-refractivity contribution in [1.29, 1.82) is 0 Å². The summed E-state index contributed by atoms with van der Waals surface area (Å²) in [6, 6.07) is 40.7. The molecule has 0 unspecified atom stereocenters. The standard InChI is InChI=1S/C37H40O3/c38-36(32-22-12-8-13-23-32)39-30-20-6-4-2-1-3-5-7-21-31-40-37(33-24-14-9-15-25-33,34-26-16-10-17-27-34)35-28-18-11-19-29-35/h7-19,21-29H,1-6,20,30-31H2/b21-7+. The number of hydrogen-bond donors (Lipinski definition) is 0. The molecule has 0 aliphatic rings. The number of unbranched alkanes of at least 4 members (excludes halogenated alkanes) is 6. The third kappa shape index (κ3) is 8.27. The lowest BCUT2D eigenvalue weighted by Gasteiger charge is -2.35. The monoisotopic (exact) mass is 532 g/mol. The van der Waals surface area contributed by atoms with Crippen LogP contribution in [0.5, 0.6) is 0 Å². The van der Waals surface area contributed by atoms with Crippen molar-refractivity contribution in [3.05, 3.63) is 156 Å². The number of hydrogen-bond acceptors (Lipinski definition) is 3. The molecule has 206 valence electrons. The van der Waals surface area contributed by atoms with E-state index in [1.165, 1.54) is 25.7 Å². The number of carbonyl (C=O) groups excluding carboxylic acids is 1. The SMILES string of the molecule is O=C(OCCCCCCCC/C=C/COC(c1ccccc1)(c1ccccc1)c1ccccc1)c1ccccc1. The molecule has 4 aromatic carbocycles. The number of benzene rings is 4. The van der Waals surface area contributed by atoms with Gasteiger partial charge < -0.3 is 9.47 Å². The van der Waals surface area contributed by atoms with Crippen molar-refractivity contribution in [3.8, 4) is 0 Å². The van der Waals surface area contributed by atoms with Gasteiger partial charge in [-0.25, -0.2) is 4.79 Å². The Bertz CT molecular complexity index is 1170. The zero-order valence-corrected chi connectivity index (χ0v) is 23.3. The Morgan fingerprint density at radius 1 is 0.550 bits per heavy atom. The van der Waals surface area contributed by atoms with Gasteiger partial charge in [0.05, 0.1) is 18.8 Å². The highest BCUT2D eigenvalue weighted by atomic mass is 16.5. The molecule has 0 spiro atoms. The summed E-state index contributed by atoms with van der Waals surface area (Å²) in [5.74, 6) is -0.232. The quantitative estimate of drug-likeness (QED) is 0.0625. The molecule has 3 nitrogen and oxygen atoms in total. The minimum absolute atomic E-state index is 0.232. The molecule has 0 amide bonds. The minimum Gasteiger partial charge on any atom is -0.462 e. The van der Waals surface area contributed by atoms with Gasteiger partial charge in [-0.05, 0) is 48.1 Å². The molecule has 0 aliphatic carbocycles. The van der Waals surface area contributed by atoms with Crippen LogP contribution in [0.25, 0.3) is 0 Å². The predicted octanol–water partition coefficient (Wildman–Crippen LogP) is 9.14. The lowest BCUT2D eigenvalue weighted by atomic mass is 9.80. The van der Waals surface area contributed by atoms with Crippen LogP contribution in [-0.4, -0.2) is 19.2 Å². The van der Waals surface area contributed by atoms with Gasteiger partial charge in [0, 0.05) is 0 Å². The maximum Gasteiger partial charge on any atom is 0.338 e. The van der Waals surface area contributed by atoms with Crippen molar-refractivity contribution in [2.45, 2.75) is 50.5 Å². The zero-order valence-electron chi connectivity index (χ0n) is 23.3. The Labute approximate surface area is 239 Å². The molecule has 0 N–H and O–H groups in total. The average molecular weight is 533 g/mol. The molecule has 0 aliphatic heterocycles. The smallest absolute Gasteiger partial charge is 0.338 e. The van der Waals surface area contributed by atoms with Crippen LogP contribution in [0.1, 0.15) is 72.0 Å². The van der Waals surface area contributed by atoms with Gasteiger partial charge in [0.25, 0.3) is 0 Å². The van der Waals surface area contributed by atoms with Gasteiger partial charge in [0.2, 0.25) is 0 Å². The number of ether oxygens (including phenoxy) is 2. The molecule has 3 heteroatoms. The third-order valence-electron chi connectivity index (χ3n) is 7.11. The van der Waals surface area contributed by atoms with Gasteiger partial charge in [0.15, 0.2) is 0 Å². The van der Waals surface area contributed by atoms with Crippen LogP contribution in [0, 0.1) is 0 Å². The van der Waals surface area contributed by atoms with Crippen molar-refractivity contribution in [2.75, 3.05) is 13.2 Å². The van der Waals surface area contributed by atoms with Gasteiger partial charge in [-0.15, -0.1) is 0 Å². The number of rotatable bonds is 16. The van der Waals surface area contributed by atoms with Crippen LogP contribution in [0.2, 0.25) is 0 Å². The Morgan fingerprint density at radius 2 is 1.00 bits per heavy atom. The van der Waals surface area contributed by atoms with Crippen molar-refractivity contribution >= 4 is 5.97 Å². The van der Waals surface area contributed by atoms with E-state index in [0.717, 1.165) is 36.0 Å². The van der Waals surface area contributed by atoms with E-state index in [0.29, 0.717) is 18.8 Å². The second kappa shape index (κ2) is 16.2. The molecule has 0 saturated heterocycles. The maximum absolute atomic E-state index is 12.0. The summed E-state index contributed by atoms with van der Waals surface area (Å²) in [7, 11) is 0. The van der Waals surface area contributed by atoms with E-state index < -0.39 is 5.60 Å². The third-order valence-corrected chi connectivity index (χ3v) is 7.11. The fourth-order valence-corrected chi connectivity index (χ4v) is 5.02. The predicted molar refractivity (Wildman–Crippen MR) is 163 cm³/mol. The molecule has 40 heavy (non-hydrogen) atoms. The van der Waals surface area contributed by atoms with Gasteiger partial charge in [-0.3, -0.25) is 0 Å². The van der Waals surface area contributed by atoms with Crippen molar-refractivity contribution in [1.82, 2.24) is 0 Å². The molecule has 0 heterocycles. The minimum atomic E-state index is -0.677.